The lowest BCUT2D eigenvalue weighted by Gasteiger charge is -2.33. The van der Waals surface area contributed by atoms with Crippen molar-refractivity contribution >= 4 is 27.9 Å². The van der Waals surface area contributed by atoms with Crippen LogP contribution in [0.4, 0.5) is 0 Å². The van der Waals surface area contributed by atoms with Crippen molar-refractivity contribution in [1.29, 1.82) is 0 Å². The summed E-state index contributed by atoms with van der Waals surface area (Å²) >= 11 is 3.40. The highest BCUT2D eigenvalue weighted by Gasteiger charge is 2.16. The number of amides is 1. The summed E-state index contributed by atoms with van der Waals surface area (Å²) in [6.07, 6.45) is 8.44. The summed E-state index contributed by atoms with van der Waals surface area (Å²) in [6.45, 7) is 5.34. The van der Waals surface area contributed by atoms with Gasteiger partial charge in [0.1, 0.15) is 0 Å². The minimum absolute atomic E-state index is 0.0189. The summed E-state index contributed by atoms with van der Waals surface area (Å²) in [5, 5.41) is 2.96. The predicted molar refractivity (Wildman–Crippen MR) is 95.7 cm³/mol. The number of halogens is 1. The van der Waals surface area contributed by atoms with Crippen LogP contribution < -0.4 is 5.32 Å². The van der Waals surface area contributed by atoms with Crippen LogP contribution in [0.3, 0.4) is 0 Å². The Kier molecular flexibility index (Phi) is 7.13. The van der Waals surface area contributed by atoms with E-state index in [0.717, 1.165) is 29.5 Å². The molecule has 1 heterocycles. The molecular weight excluding hydrogens is 340 g/mol. The molecule has 120 valence electrons. The summed E-state index contributed by atoms with van der Waals surface area (Å²) in [6, 6.07) is 8.59. The Labute approximate surface area is 141 Å². The minimum Gasteiger partial charge on any atom is -0.353 e. The maximum absolute atomic E-state index is 11.8. The SMILES string of the molecule is C[C@H]1CCCCN1CCCNC(=O)/C=C/c1ccc(Br)cc1. The van der Waals surface area contributed by atoms with Gasteiger partial charge in [-0.2, -0.15) is 0 Å². The Morgan fingerprint density at radius 1 is 1.36 bits per heavy atom. The van der Waals surface area contributed by atoms with Crippen LogP contribution in [-0.2, 0) is 4.79 Å². The molecule has 1 N–H and O–H groups in total. The van der Waals surface area contributed by atoms with Gasteiger partial charge in [0.05, 0.1) is 0 Å². The number of hydrogen-bond acceptors (Lipinski definition) is 2. The second-order valence-corrected chi connectivity index (χ2v) is 6.83. The van der Waals surface area contributed by atoms with Crippen LogP contribution in [0.2, 0.25) is 0 Å². The molecule has 1 fully saturated rings. The van der Waals surface area contributed by atoms with Gasteiger partial charge in [0, 0.05) is 29.7 Å². The van der Waals surface area contributed by atoms with Gasteiger partial charge in [-0.15, -0.1) is 0 Å². The van der Waals surface area contributed by atoms with Crippen LogP contribution in [0, 0.1) is 0 Å². The lowest BCUT2D eigenvalue weighted by atomic mass is 10.0. The zero-order valence-corrected chi connectivity index (χ0v) is 14.8. The Bertz CT molecular complexity index is 498. The van der Waals surface area contributed by atoms with Crippen molar-refractivity contribution in [1.82, 2.24) is 10.2 Å². The molecule has 1 amide bonds. The molecule has 1 aromatic carbocycles. The van der Waals surface area contributed by atoms with Crippen LogP contribution in [0.1, 0.15) is 38.2 Å². The van der Waals surface area contributed by atoms with Gasteiger partial charge in [-0.1, -0.05) is 34.5 Å². The summed E-state index contributed by atoms with van der Waals surface area (Å²) in [5.41, 5.74) is 1.03. The van der Waals surface area contributed by atoms with E-state index in [1.807, 2.05) is 30.3 Å². The van der Waals surface area contributed by atoms with Gasteiger partial charge in [0.25, 0.3) is 0 Å². The smallest absolute Gasteiger partial charge is 0.243 e. The third-order valence-corrected chi connectivity index (χ3v) is 4.69. The van der Waals surface area contributed by atoms with Gasteiger partial charge in [-0.3, -0.25) is 4.79 Å². The highest BCUT2D eigenvalue weighted by Crippen LogP contribution is 2.16. The lowest BCUT2D eigenvalue weighted by molar-refractivity contribution is -0.116. The van der Waals surface area contributed by atoms with E-state index >= 15 is 0 Å². The molecule has 2 rings (SSSR count). The second kappa shape index (κ2) is 9.11. The number of benzene rings is 1. The van der Waals surface area contributed by atoms with Crippen molar-refractivity contribution in [2.75, 3.05) is 19.6 Å². The maximum atomic E-state index is 11.8. The molecule has 1 aliphatic rings. The van der Waals surface area contributed by atoms with Gasteiger partial charge in [0.15, 0.2) is 0 Å². The molecule has 22 heavy (non-hydrogen) atoms. The van der Waals surface area contributed by atoms with Crippen molar-refractivity contribution < 1.29 is 4.79 Å². The summed E-state index contributed by atoms with van der Waals surface area (Å²) in [4.78, 5) is 14.3. The fraction of sp³-hybridized carbons (Fsp3) is 0.500. The molecule has 0 saturated carbocycles. The topological polar surface area (TPSA) is 32.3 Å². The number of carbonyl (C=O) groups excluding carboxylic acids is 1. The Balaban J connectivity index is 1.64. The van der Waals surface area contributed by atoms with Crippen LogP contribution >= 0.6 is 15.9 Å². The molecule has 0 spiro atoms. The first-order chi connectivity index (χ1) is 10.6. The average molecular weight is 365 g/mol. The molecule has 1 aliphatic heterocycles. The Morgan fingerprint density at radius 3 is 2.86 bits per heavy atom. The van der Waals surface area contributed by atoms with E-state index in [-0.39, 0.29) is 5.91 Å². The molecule has 1 atom stereocenters. The Morgan fingerprint density at radius 2 is 2.14 bits per heavy atom. The summed E-state index contributed by atoms with van der Waals surface area (Å²) in [5.74, 6) is -0.0189. The average Bonchev–Trinajstić information content (AvgIpc) is 2.52. The van der Waals surface area contributed by atoms with E-state index in [2.05, 4.69) is 33.1 Å². The van der Waals surface area contributed by atoms with E-state index in [0.29, 0.717) is 6.04 Å². The van der Waals surface area contributed by atoms with Gasteiger partial charge in [-0.25, -0.2) is 0 Å². The van der Waals surface area contributed by atoms with Crippen LogP contribution in [0.25, 0.3) is 6.08 Å². The molecule has 0 unspecified atom stereocenters. The van der Waals surface area contributed by atoms with Crippen molar-refractivity contribution in [2.45, 2.75) is 38.6 Å². The molecule has 3 nitrogen and oxygen atoms in total. The predicted octanol–water partition coefficient (Wildman–Crippen LogP) is 3.84. The molecule has 0 aliphatic carbocycles. The van der Waals surface area contributed by atoms with Crippen LogP contribution in [0.15, 0.2) is 34.8 Å². The van der Waals surface area contributed by atoms with E-state index in [4.69, 9.17) is 0 Å². The van der Waals surface area contributed by atoms with Gasteiger partial charge in [0.2, 0.25) is 5.91 Å². The quantitative estimate of drug-likeness (QED) is 0.614. The fourth-order valence-electron chi connectivity index (χ4n) is 2.79. The fourth-order valence-corrected chi connectivity index (χ4v) is 3.05. The summed E-state index contributed by atoms with van der Waals surface area (Å²) < 4.78 is 1.04. The second-order valence-electron chi connectivity index (χ2n) is 5.91. The zero-order chi connectivity index (χ0) is 15.8. The van der Waals surface area contributed by atoms with Gasteiger partial charge >= 0.3 is 0 Å². The third-order valence-electron chi connectivity index (χ3n) is 4.16. The van der Waals surface area contributed by atoms with Crippen molar-refractivity contribution in [3.05, 3.63) is 40.4 Å². The highest BCUT2D eigenvalue weighted by atomic mass is 79.9. The first-order valence-electron chi connectivity index (χ1n) is 8.10. The molecule has 4 heteroatoms. The zero-order valence-electron chi connectivity index (χ0n) is 13.2. The number of piperidine rings is 1. The number of carbonyl (C=O) groups is 1. The standard InChI is InChI=1S/C18H25BrN2O/c1-15-5-2-3-13-21(15)14-4-12-20-18(22)11-8-16-6-9-17(19)10-7-16/h6-11,15H,2-5,12-14H2,1H3,(H,20,22)/b11-8+/t15-/m0/s1. The monoisotopic (exact) mass is 364 g/mol. The number of likely N-dealkylation sites (tertiary alicyclic amines) is 1. The molecular formula is C18H25BrN2O. The maximum Gasteiger partial charge on any atom is 0.243 e. The number of rotatable bonds is 6. The van der Waals surface area contributed by atoms with Crippen LogP contribution in [-0.4, -0.2) is 36.5 Å². The van der Waals surface area contributed by atoms with Crippen molar-refractivity contribution in [2.24, 2.45) is 0 Å². The van der Waals surface area contributed by atoms with Gasteiger partial charge in [-0.05, 0) is 56.5 Å². The lowest BCUT2D eigenvalue weighted by Crippen LogP contribution is -2.39. The molecule has 1 saturated heterocycles. The largest absolute Gasteiger partial charge is 0.353 e. The van der Waals surface area contributed by atoms with E-state index in [9.17, 15) is 4.79 Å². The molecule has 0 radical (unpaired) electrons. The minimum atomic E-state index is -0.0189. The van der Waals surface area contributed by atoms with E-state index < -0.39 is 0 Å². The molecule has 0 aromatic heterocycles. The van der Waals surface area contributed by atoms with E-state index in [1.165, 1.54) is 25.8 Å². The molecule has 1 aromatic rings. The summed E-state index contributed by atoms with van der Waals surface area (Å²) in [7, 11) is 0. The number of hydrogen-bond donors (Lipinski definition) is 1. The third kappa shape index (κ3) is 5.93. The highest BCUT2D eigenvalue weighted by molar-refractivity contribution is 9.10. The number of nitrogens with one attached hydrogen (secondary N) is 1. The van der Waals surface area contributed by atoms with Gasteiger partial charge < -0.3 is 10.2 Å². The van der Waals surface area contributed by atoms with Crippen molar-refractivity contribution in [3.63, 3.8) is 0 Å². The first kappa shape index (κ1) is 17.2. The van der Waals surface area contributed by atoms with Crippen LogP contribution in [0.5, 0.6) is 0 Å². The van der Waals surface area contributed by atoms with E-state index in [1.54, 1.807) is 6.08 Å². The van der Waals surface area contributed by atoms with Crippen molar-refractivity contribution in [3.8, 4) is 0 Å². The first-order valence-corrected chi connectivity index (χ1v) is 8.90. The molecule has 0 bridgehead atoms. The normalized spacial score (nSPS) is 19.5. The Hall–Kier alpha value is -1.13. The number of nitrogens with zero attached hydrogens (tertiary/aromatic N) is 1.